The molecule has 0 saturated carbocycles. The molecule has 0 amide bonds. The number of allylic oxidation sites excluding steroid dienone is 1. The second-order valence-corrected chi connectivity index (χ2v) is 6.57. The van der Waals surface area contributed by atoms with Crippen molar-refractivity contribution in [3.05, 3.63) is 11.3 Å². The highest BCUT2D eigenvalue weighted by molar-refractivity contribution is 6.42. The number of carbonyl (C=O) groups excluding carboxylic acids is 1. The van der Waals surface area contributed by atoms with Crippen LogP contribution in [0.3, 0.4) is 0 Å². The Bertz CT molecular complexity index is 213. The van der Waals surface area contributed by atoms with Crippen LogP contribution in [0.2, 0.25) is 0 Å². The third-order valence-electron chi connectivity index (χ3n) is 1.88. The predicted molar refractivity (Wildman–Crippen MR) is 69.0 cm³/mol. The van der Waals surface area contributed by atoms with E-state index >= 15 is 0 Å². The van der Waals surface area contributed by atoms with E-state index in [-0.39, 0.29) is 5.73 Å². The molecule has 0 aromatic rings. The Morgan fingerprint density at radius 1 is 1.53 bits per heavy atom. The number of hydrogen-bond donors (Lipinski definition) is 0. The number of ether oxygens (including phenoxy) is 2. The molecule has 88 valence electrons. The van der Waals surface area contributed by atoms with Gasteiger partial charge in [0.25, 0.3) is 0 Å². The van der Waals surface area contributed by atoms with E-state index < -0.39 is 15.7 Å². The van der Waals surface area contributed by atoms with Gasteiger partial charge in [-0.2, -0.15) is 0 Å². The van der Waals surface area contributed by atoms with Crippen LogP contribution in [0.5, 0.6) is 0 Å². The molecule has 0 saturated heterocycles. The quantitative estimate of drug-likeness (QED) is 0.393. The van der Waals surface area contributed by atoms with Gasteiger partial charge >= 0.3 is 6.16 Å². The fourth-order valence-electron chi connectivity index (χ4n) is 1.15. The molecule has 3 nitrogen and oxygen atoms in total. The summed E-state index contributed by atoms with van der Waals surface area (Å²) in [7, 11) is 0.482. The van der Waals surface area contributed by atoms with Crippen molar-refractivity contribution in [2.24, 2.45) is 0 Å². The number of hydrogen-bond acceptors (Lipinski definition) is 3. The van der Waals surface area contributed by atoms with Crippen molar-refractivity contribution in [1.82, 2.24) is 0 Å². The smallest absolute Gasteiger partial charge is 0.438 e. The first kappa shape index (κ1) is 14.4. The summed E-state index contributed by atoms with van der Waals surface area (Å²) in [6, 6.07) is 0. The summed E-state index contributed by atoms with van der Waals surface area (Å²) in [5, 5.41) is 0. The van der Waals surface area contributed by atoms with E-state index in [1.54, 1.807) is 0 Å². The standard InChI is InChI=1S/C10H22O3Si2/c1-4-5-9(14)13-10(11)12-7-15-6-8(2)3/h6,9H,4-5,7,15H2,1-3,14H3. The summed E-state index contributed by atoms with van der Waals surface area (Å²) in [6.45, 7) is 6.20. The topological polar surface area (TPSA) is 35.5 Å². The Morgan fingerprint density at radius 2 is 2.20 bits per heavy atom. The molecule has 0 aromatic heterocycles. The molecular weight excluding hydrogens is 224 g/mol. The zero-order valence-electron chi connectivity index (χ0n) is 10.2. The summed E-state index contributed by atoms with van der Waals surface area (Å²) < 4.78 is 10.1. The predicted octanol–water partition coefficient (Wildman–Crippen LogP) is 0.681. The Hall–Kier alpha value is -0.556. The van der Waals surface area contributed by atoms with Gasteiger partial charge in [0.15, 0.2) is 0 Å². The van der Waals surface area contributed by atoms with Gasteiger partial charge in [-0.05, 0) is 20.3 Å². The molecular formula is C10H22O3Si2. The SMILES string of the molecule is CCCC([SiH3])OC(=O)OC[SiH2]C=C(C)C. The minimum atomic E-state index is -0.488. The molecule has 0 spiro atoms. The van der Waals surface area contributed by atoms with E-state index in [1.165, 1.54) is 5.57 Å². The number of rotatable bonds is 6. The molecule has 0 heterocycles. The molecule has 0 radical (unpaired) electrons. The molecule has 0 N–H and O–H groups in total. The molecule has 0 aliphatic rings. The highest BCUT2D eigenvalue weighted by Gasteiger charge is 2.08. The van der Waals surface area contributed by atoms with Crippen molar-refractivity contribution < 1.29 is 14.3 Å². The second-order valence-electron chi connectivity index (χ2n) is 3.89. The average Bonchev–Trinajstić information content (AvgIpc) is 2.12. The van der Waals surface area contributed by atoms with E-state index in [9.17, 15) is 4.79 Å². The van der Waals surface area contributed by atoms with E-state index in [2.05, 4.69) is 26.5 Å². The summed E-state index contributed by atoms with van der Waals surface area (Å²) in [5.41, 5.74) is 3.58. The van der Waals surface area contributed by atoms with E-state index in [0.29, 0.717) is 6.23 Å². The molecule has 0 aromatic carbocycles. The van der Waals surface area contributed by atoms with Crippen LogP contribution in [0.4, 0.5) is 4.79 Å². The van der Waals surface area contributed by atoms with Crippen molar-refractivity contribution >= 4 is 25.9 Å². The van der Waals surface area contributed by atoms with Gasteiger partial charge in [-0.15, -0.1) is 0 Å². The second kappa shape index (κ2) is 8.73. The van der Waals surface area contributed by atoms with Crippen LogP contribution in [0, 0.1) is 0 Å². The first-order chi connectivity index (χ1) is 7.06. The van der Waals surface area contributed by atoms with Gasteiger partial charge in [0, 0.05) is 0 Å². The summed E-state index contributed by atoms with van der Waals surface area (Å²) in [4.78, 5) is 11.2. The minimum Gasteiger partial charge on any atom is -0.438 e. The van der Waals surface area contributed by atoms with Gasteiger partial charge in [0.05, 0.1) is 31.7 Å². The monoisotopic (exact) mass is 246 g/mol. The highest BCUT2D eigenvalue weighted by atomic mass is 28.2. The van der Waals surface area contributed by atoms with Crippen LogP contribution in [0.1, 0.15) is 33.6 Å². The van der Waals surface area contributed by atoms with Crippen molar-refractivity contribution in [3.63, 3.8) is 0 Å². The Morgan fingerprint density at radius 3 is 2.73 bits per heavy atom. The third kappa shape index (κ3) is 9.74. The lowest BCUT2D eigenvalue weighted by molar-refractivity contribution is 0.0546. The molecule has 5 heteroatoms. The lowest BCUT2D eigenvalue weighted by atomic mass is 10.4. The Kier molecular flexibility index (Phi) is 8.40. The molecule has 0 aliphatic heterocycles. The molecule has 0 bridgehead atoms. The Labute approximate surface area is 97.5 Å². The molecule has 0 aliphatic carbocycles. The first-order valence-electron chi connectivity index (χ1n) is 5.53. The summed E-state index contributed by atoms with van der Waals surface area (Å²) in [5.74, 6) is 0. The van der Waals surface area contributed by atoms with Crippen LogP contribution in [-0.4, -0.2) is 37.9 Å². The Balaban J connectivity index is 3.53. The van der Waals surface area contributed by atoms with Gasteiger partial charge in [0.1, 0.15) is 0 Å². The average molecular weight is 246 g/mol. The van der Waals surface area contributed by atoms with Crippen LogP contribution in [0.25, 0.3) is 0 Å². The van der Waals surface area contributed by atoms with Crippen molar-refractivity contribution in [2.75, 3.05) is 6.23 Å². The lowest BCUT2D eigenvalue weighted by Gasteiger charge is -2.11. The van der Waals surface area contributed by atoms with Gasteiger partial charge in [0.2, 0.25) is 0 Å². The van der Waals surface area contributed by atoms with E-state index in [1.807, 2.05) is 0 Å². The van der Waals surface area contributed by atoms with Gasteiger partial charge in [-0.1, -0.05) is 24.6 Å². The third-order valence-corrected chi connectivity index (χ3v) is 4.24. The van der Waals surface area contributed by atoms with Gasteiger partial charge < -0.3 is 9.47 Å². The van der Waals surface area contributed by atoms with Crippen molar-refractivity contribution in [3.8, 4) is 0 Å². The normalized spacial score (nSPS) is 12.7. The highest BCUT2D eigenvalue weighted by Crippen LogP contribution is 1.99. The molecule has 1 unspecified atom stereocenters. The van der Waals surface area contributed by atoms with Gasteiger partial charge in [-0.3, -0.25) is 0 Å². The molecule has 15 heavy (non-hydrogen) atoms. The van der Waals surface area contributed by atoms with Crippen molar-refractivity contribution in [1.29, 1.82) is 0 Å². The zero-order valence-corrected chi connectivity index (χ0v) is 13.6. The van der Waals surface area contributed by atoms with Crippen LogP contribution in [-0.2, 0) is 9.47 Å². The maximum Gasteiger partial charge on any atom is 0.507 e. The van der Waals surface area contributed by atoms with Crippen LogP contribution in [0.15, 0.2) is 11.3 Å². The minimum absolute atomic E-state index is 0.104. The van der Waals surface area contributed by atoms with Crippen LogP contribution >= 0.6 is 0 Å². The fourth-order valence-corrected chi connectivity index (χ4v) is 2.90. The maximum absolute atomic E-state index is 11.2. The molecule has 0 fully saturated rings. The fraction of sp³-hybridized carbons (Fsp3) is 0.700. The maximum atomic E-state index is 11.2. The summed E-state index contributed by atoms with van der Waals surface area (Å²) >= 11 is 0. The van der Waals surface area contributed by atoms with E-state index in [4.69, 9.17) is 9.47 Å². The largest absolute Gasteiger partial charge is 0.507 e. The summed E-state index contributed by atoms with van der Waals surface area (Å²) in [6.07, 6.45) is 2.06. The van der Waals surface area contributed by atoms with Gasteiger partial charge in [-0.25, -0.2) is 4.79 Å². The molecule has 0 rings (SSSR count). The van der Waals surface area contributed by atoms with E-state index in [0.717, 1.165) is 23.1 Å². The first-order valence-corrected chi connectivity index (χ1v) is 8.50. The van der Waals surface area contributed by atoms with Crippen molar-refractivity contribution in [2.45, 2.75) is 39.3 Å². The molecule has 1 atom stereocenters. The number of carbonyl (C=O) groups is 1. The lowest BCUT2D eigenvalue weighted by Crippen LogP contribution is -2.20. The van der Waals surface area contributed by atoms with Crippen LogP contribution < -0.4 is 0 Å². The zero-order chi connectivity index (χ0) is 11.7.